The smallest absolute Gasteiger partial charge is 0.0317 e. The third-order valence-electron chi connectivity index (χ3n) is 3.90. The zero-order chi connectivity index (χ0) is 13.3. The van der Waals surface area contributed by atoms with Gasteiger partial charge in [0.1, 0.15) is 0 Å². The fourth-order valence-electron chi connectivity index (χ4n) is 2.64. The summed E-state index contributed by atoms with van der Waals surface area (Å²) in [5.74, 6) is 2.71. The van der Waals surface area contributed by atoms with Crippen molar-refractivity contribution in [3.05, 3.63) is 11.6 Å². The van der Waals surface area contributed by atoms with Crippen molar-refractivity contribution in [2.45, 2.75) is 80.1 Å². The van der Waals surface area contributed by atoms with E-state index in [2.05, 4.69) is 47.6 Å². The molecule has 0 bridgehead atoms. The molecule has 0 saturated carbocycles. The summed E-state index contributed by atoms with van der Waals surface area (Å²) < 4.78 is 0. The van der Waals surface area contributed by atoms with Crippen molar-refractivity contribution in [1.29, 1.82) is 0 Å². The molecule has 0 aromatic heterocycles. The van der Waals surface area contributed by atoms with Gasteiger partial charge in [0.2, 0.25) is 0 Å². The molecule has 0 rings (SSSR count). The molecule has 17 heavy (non-hydrogen) atoms. The van der Waals surface area contributed by atoms with E-state index in [1.165, 1.54) is 44.1 Å². The Hall–Kier alpha value is -0.260. The van der Waals surface area contributed by atoms with Crippen molar-refractivity contribution in [2.75, 3.05) is 0 Å². The maximum Gasteiger partial charge on any atom is -0.0317 e. The van der Waals surface area contributed by atoms with E-state index in [0.29, 0.717) is 0 Å². The van der Waals surface area contributed by atoms with Gasteiger partial charge in [-0.25, -0.2) is 0 Å². The molecule has 0 N–H and O–H groups in total. The summed E-state index contributed by atoms with van der Waals surface area (Å²) in [7, 11) is 0. The van der Waals surface area contributed by atoms with Crippen molar-refractivity contribution in [2.24, 2.45) is 17.8 Å². The SMILES string of the molecule is CCC(CC=C(C)C)C(CC)CCCC(C)C. The topological polar surface area (TPSA) is 0 Å². The number of rotatable bonds is 9. The van der Waals surface area contributed by atoms with Gasteiger partial charge in [0.05, 0.1) is 0 Å². The summed E-state index contributed by atoms with van der Waals surface area (Å²) in [5.41, 5.74) is 1.47. The molecule has 0 radical (unpaired) electrons. The Morgan fingerprint density at radius 1 is 0.941 bits per heavy atom. The van der Waals surface area contributed by atoms with E-state index in [0.717, 1.165) is 17.8 Å². The largest absolute Gasteiger partial charge is 0.0856 e. The second-order valence-corrected chi connectivity index (χ2v) is 6.18. The molecule has 0 fully saturated rings. The van der Waals surface area contributed by atoms with Crippen molar-refractivity contribution in [3.63, 3.8) is 0 Å². The van der Waals surface area contributed by atoms with E-state index in [4.69, 9.17) is 0 Å². The summed E-state index contributed by atoms with van der Waals surface area (Å²) in [6.07, 6.45) is 10.7. The van der Waals surface area contributed by atoms with Gasteiger partial charge in [-0.3, -0.25) is 0 Å². The fourth-order valence-corrected chi connectivity index (χ4v) is 2.64. The molecule has 0 heterocycles. The van der Waals surface area contributed by atoms with Gasteiger partial charge in [0, 0.05) is 0 Å². The van der Waals surface area contributed by atoms with Gasteiger partial charge in [0.15, 0.2) is 0 Å². The number of hydrogen-bond donors (Lipinski definition) is 0. The van der Waals surface area contributed by atoms with Crippen LogP contribution >= 0.6 is 0 Å². The molecule has 0 spiro atoms. The quantitative estimate of drug-likeness (QED) is 0.418. The van der Waals surface area contributed by atoms with Crippen LogP contribution in [0.3, 0.4) is 0 Å². The van der Waals surface area contributed by atoms with Crippen LogP contribution in [0.25, 0.3) is 0 Å². The second-order valence-electron chi connectivity index (χ2n) is 6.18. The maximum absolute atomic E-state index is 2.43. The van der Waals surface area contributed by atoms with E-state index in [-0.39, 0.29) is 0 Å². The molecule has 0 heteroatoms. The van der Waals surface area contributed by atoms with Crippen molar-refractivity contribution in [3.8, 4) is 0 Å². The molecule has 0 amide bonds. The number of allylic oxidation sites excluding steroid dienone is 2. The zero-order valence-corrected chi connectivity index (χ0v) is 13.1. The first kappa shape index (κ1) is 16.7. The van der Waals surface area contributed by atoms with Gasteiger partial charge >= 0.3 is 0 Å². The van der Waals surface area contributed by atoms with Gasteiger partial charge in [-0.2, -0.15) is 0 Å². The highest BCUT2D eigenvalue weighted by molar-refractivity contribution is 4.94. The van der Waals surface area contributed by atoms with Gasteiger partial charge in [-0.1, -0.05) is 71.4 Å². The van der Waals surface area contributed by atoms with Gasteiger partial charge in [-0.15, -0.1) is 0 Å². The summed E-state index contributed by atoms with van der Waals surface area (Å²) in [6.45, 7) is 13.8. The minimum atomic E-state index is 0.866. The summed E-state index contributed by atoms with van der Waals surface area (Å²) in [6, 6.07) is 0. The lowest BCUT2D eigenvalue weighted by Gasteiger charge is -2.24. The van der Waals surface area contributed by atoms with Gasteiger partial charge in [0.25, 0.3) is 0 Å². The third-order valence-corrected chi connectivity index (χ3v) is 3.90. The lowest BCUT2D eigenvalue weighted by atomic mass is 9.81. The predicted molar refractivity (Wildman–Crippen MR) is 80.3 cm³/mol. The van der Waals surface area contributed by atoms with Crippen LogP contribution in [-0.2, 0) is 0 Å². The minimum Gasteiger partial charge on any atom is -0.0856 e. The molecular formula is C17H34. The highest BCUT2D eigenvalue weighted by Gasteiger charge is 2.17. The zero-order valence-electron chi connectivity index (χ0n) is 13.1. The molecule has 102 valence electrons. The van der Waals surface area contributed by atoms with Crippen molar-refractivity contribution >= 4 is 0 Å². The Bertz CT molecular complexity index is 196. The molecule has 2 atom stereocenters. The summed E-state index contributed by atoms with van der Waals surface area (Å²) in [4.78, 5) is 0. The van der Waals surface area contributed by atoms with E-state index < -0.39 is 0 Å². The average Bonchev–Trinajstić information content (AvgIpc) is 2.26. The lowest BCUT2D eigenvalue weighted by Crippen LogP contribution is -2.13. The summed E-state index contributed by atoms with van der Waals surface area (Å²) in [5, 5.41) is 0. The van der Waals surface area contributed by atoms with Crippen LogP contribution < -0.4 is 0 Å². The molecule has 0 aromatic carbocycles. The minimum absolute atomic E-state index is 0.866. The van der Waals surface area contributed by atoms with Gasteiger partial charge < -0.3 is 0 Å². The standard InChI is InChI=1S/C17H34/c1-7-16(11-9-10-14(3)4)17(8-2)13-12-15(5)6/h12,14,16-17H,7-11,13H2,1-6H3. The Balaban J connectivity index is 4.14. The molecule has 0 aliphatic carbocycles. The molecule has 0 saturated heterocycles. The highest BCUT2D eigenvalue weighted by Crippen LogP contribution is 2.29. The normalized spacial score (nSPS) is 14.8. The first-order valence-corrected chi connectivity index (χ1v) is 7.64. The molecule has 0 nitrogen and oxygen atoms in total. The number of hydrogen-bond acceptors (Lipinski definition) is 0. The van der Waals surface area contributed by atoms with Crippen LogP contribution in [0.4, 0.5) is 0 Å². The first-order chi connectivity index (χ1) is 8.01. The molecule has 2 unspecified atom stereocenters. The second kappa shape index (κ2) is 9.74. The molecule has 0 aliphatic rings. The van der Waals surface area contributed by atoms with Crippen LogP contribution in [-0.4, -0.2) is 0 Å². The van der Waals surface area contributed by atoms with Crippen LogP contribution in [0, 0.1) is 17.8 Å². The Labute approximate surface area is 110 Å². The van der Waals surface area contributed by atoms with Crippen LogP contribution in [0.5, 0.6) is 0 Å². The monoisotopic (exact) mass is 238 g/mol. The molecular weight excluding hydrogens is 204 g/mol. The molecule has 0 aliphatic heterocycles. The van der Waals surface area contributed by atoms with E-state index >= 15 is 0 Å². The lowest BCUT2D eigenvalue weighted by molar-refractivity contribution is 0.283. The van der Waals surface area contributed by atoms with E-state index in [9.17, 15) is 0 Å². The van der Waals surface area contributed by atoms with Crippen LogP contribution in [0.2, 0.25) is 0 Å². The van der Waals surface area contributed by atoms with Crippen LogP contribution in [0.15, 0.2) is 11.6 Å². The van der Waals surface area contributed by atoms with Gasteiger partial charge in [-0.05, 0) is 38.0 Å². The van der Waals surface area contributed by atoms with Crippen molar-refractivity contribution in [1.82, 2.24) is 0 Å². The third kappa shape index (κ3) is 8.46. The first-order valence-electron chi connectivity index (χ1n) is 7.64. The molecule has 0 aromatic rings. The fraction of sp³-hybridized carbons (Fsp3) is 0.882. The highest BCUT2D eigenvalue weighted by atomic mass is 14.2. The Morgan fingerprint density at radius 2 is 1.53 bits per heavy atom. The average molecular weight is 238 g/mol. The van der Waals surface area contributed by atoms with Crippen molar-refractivity contribution < 1.29 is 0 Å². The van der Waals surface area contributed by atoms with E-state index in [1.807, 2.05) is 0 Å². The van der Waals surface area contributed by atoms with E-state index in [1.54, 1.807) is 0 Å². The summed E-state index contributed by atoms with van der Waals surface area (Å²) >= 11 is 0. The maximum atomic E-state index is 2.43. The van der Waals surface area contributed by atoms with Crippen LogP contribution in [0.1, 0.15) is 80.1 Å². The Kier molecular flexibility index (Phi) is 9.59. The predicted octanol–water partition coefficient (Wildman–Crippen LogP) is 6.22. The Morgan fingerprint density at radius 3 is 1.94 bits per heavy atom.